The van der Waals surface area contributed by atoms with Crippen LogP contribution in [-0.2, 0) is 4.79 Å². The first-order chi connectivity index (χ1) is 14.0. The summed E-state index contributed by atoms with van der Waals surface area (Å²) in [7, 11) is 0. The Morgan fingerprint density at radius 1 is 1.07 bits per heavy atom. The molecule has 2 amide bonds. The highest BCUT2D eigenvalue weighted by atomic mass is 16.2. The normalized spacial score (nSPS) is 20.4. The van der Waals surface area contributed by atoms with Crippen LogP contribution in [0.15, 0.2) is 24.3 Å². The summed E-state index contributed by atoms with van der Waals surface area (Å²) < 4.78 is 0. The molecule has 1 aliphatic heterocycles. The maximum absolute atomic E-state index is 13.1. The van der Waals surface area contributed by atoms with E-state index >= 15 is 0 Å². The molecule has 0 bridgehead atoms. The molecule has 1 saturated carbocycles. The van der Waals surface area contributed by atoms with Gasteiger partial charge in [0.05, 0.1) is 6.04 Å². The van der Waals surface area contributed by atoms with E-state index in [2.05, 4.69) is 24.1 Å². The molecule has 0 aromatic heterocycles. The minimum atomic E-state index is -0.0433. The smallest absolute Gasteiger partial charge is 0.253 e. The third-order valence-corrected chi connectivity index (χ3v) is 6.73. The number of nitrogens with zero attached hydrogens (tertiary/aromatic N) is 2. The maximum Gasteiger partial charge on any atom is 0.253 e. The summed E-state index contributed by atoms with van der Waals surface area (Å²) in [4.78, 5) is 30.2. The molecular weight excluding hydrogens is 362 g/mol. The highest BCUT2D eigenvalue weighted by Crippen LogP contribution is 2.31. The number of benzene rings is 1. The van der Waals surface area contributed by atoms with Gasteiger partial charge in [0.15, 0.2) is 0 Å². The first-order valence-corrected chi connectivity index (χ1v) is 11.4. The van der Waals surface area contributed by atoms with Gasteiger partial charge in [-0.25, -0.2) is 0 Å². The summed E-state index contributed by atoms with van der Waals surface area (Å²) in [6, 6.07) is 7.75. The quantitative estimate of drug-likeness (QED) is 0.764. The van der Waals surface area contributed by atoms with Crippen molar-refractivity contribution in [1.82, 2.24) is 15.1 Å². The third kappa shape index (κ3) is 5.59. The fourth-order valence-corrected chi connectivity index (χ4v) is 4.56. The standard InChI is InChI=1S/C24H37N3O2/c1-4-18(2)17-25-23(28)22(20-7-5-6-8-20)26-13-15-27(16-14-26)24(29)21-11-9-19(3)10-12-21/h9-12,18,20,22H,4-8,13-17H2,1-3H3,(H,25,28)/t18-,22+/m0/s1. The van der Waals surface area contributed by atoms with Gasteiger partial charge >= 0.3 is 0 Å². The van der Waals surface area contributed by atoms with Gasteiger partial charge in [-0.1, -0.05) is 50.8 Å². The van der Waals surface area contributed by atoms with E-state index in [1.165, 1.54) is 12.8 Å². The van der Waals surface area contributed by atoms with Crippen molar-refractivity contribution in [2.75, 3.05) is 32.7 Å². The molecule has 1 aromatic rings. The Hall–Kier alpha value is -1.88. The summed E-state index contributed by atoms with van der Waals surface area (Å²) in [6.07, 6.45) is 5.82. The van der Waals surface area contributed by atoms with Crippen LogP contribution in [0.25, 0.3) is 0 Å². The number of carbonyl (C=O) groups is 2. The van der Waals surface area contributed by atoms with Crippen LogP contribution in [0.3, 0.4) is 0 Å². The molecule has 1 saturated heterocycles. The van der Waals surface area contributed by atoms with E-state index < -0.39 is 0 Å². The van der Waals surface area contributed by atoms with Crippen LogP contribution in [0.2, 0.25) is 0 Å². The number of carbonyl (C=O) groups excluding carboxylic acids is 2. The summed E-state index contributed by atoms with van der Waals surface area (Å²) in [5.41, 5.74) is 1.91. The highest BCUT2D eigenvalue weighted by molar-refractivity contribution is 5.94. The number of hydrogen-bond acceptors (Lipinski definition) is 3. The van der Waals surface area contributed by atoms with Crippen LogP contribution < -0.4 is 5.32 Å². The second-order valence-electron chi connectivity index (χ2n) is 8.94. The van der Waals surface area contributed by atoms with E-state index in [0.717, 1.165) is 50.0 Å². The zero-order chi connectivity index (χ0) is 20.8. The lowest BCUT2D eigenvalue weighted by molar-refractivity contribution is -0.129. The molecule has 0 spiro atoms. The van der Waals surface area contributed by atoms with Gasteiger partial charge in [0.25, 0.3) is 5.91 Å². The summed E-state index contributed by atoms with van der Waals surface area (Å²) in [5.74, 6) is 1.25. The predicted molar refractivity (Wildman–Crippen MR) is 117 cm³/mol. The number of piperazine rings is 1. The Morgan fingerprint density at radius 3 is 2.28 bits per heavy atom. The first kappa shape index (κ1) is 21.8. The van der Waals surface area contributed by atoms with Crippen LogP contribution in [0.5, 0.6) is 0 Å². The van der Waals surface area contributed by atoms with Crippen molar-refractivity contribution in [3.8, 4) is 0 Å². The lowest BCUT2D eigenvalue weighted by atomic mass is 9.94. The molecule has 2 fully saturated rings. The fraction of sp³-hybridized carbons (Fsp3) is 0.667. The molecule has 0 radical (unpaired) electrons. The molecule has 29 heavy (non-hydrogen) atoms. The van der Waals surface area contributed by atoms with Crippen molar-refractivity contribution >= 4 is 11.8 Å². The molecule has 1 aliphatic carbocycles. The molecule has 160 valence electrons. The van der Waals surface area contributed by atoms with Gasteiger partial charge in [0.1, 0.15) is 0 Å². The van der Waals surface area contributed by atoms with E-state index in [-0.39, 0.29) is 17.9 Å². The molecule has 1 aromatic carbocycles. The van der Waals surface area contributed by atoms with Gasteiger partial charge in [-0.15, -0.1) is 0 Å². The fourth-order valence-electron chi connectivity index (χ4n) is 4.56. The number of rotatable bonds is 7. The van der Waals surface area contributed by atoms with Gasteiger partial charge in [0, 0.05) is 38.3 Å². The van der Waals surface area contributed by atoms with Crippen molar-refractivity contribution in [3.63, 3.8) is 0 Å². The van der Waals surface area contributed by atoms with E-state index in [4.69, 9.17) is 0 Å². The predicted octanol–water partition coefficient (Wildman–Crippen LogP) is 3.47. The Bertz CT molecular complexity index is 674. The van der Waals surface area contributed by atoms with E-state index in [9.17, 15) is 9.59 Å². The molecule has 1 N–H and O–H groups in total. The number of hydrogen-bond donors (Lipinski definition) is 1. The first-order valence-electron chi connectivity index (χ1n) is 11.4. The van der Waals surface area contributed by atoms with Crippen molar-refractivity contribution < 1.29 is 9.59 Å². The van der Waals surface area contributed by atoms with Gasteiger partial charge in [0.2, 0.25) is 5.91 Å². The number of nitrogens with one attached hydrogen (secondary N) is 1. The zero-order valence-electron chi connectivity index (χ0n) is 18.3. The van der Waals surface area contributed by atoms with Crippen molar-refractivity contribution in [3.05, 3.63) is 35.4 Å². The van der Waals surface area contributed by atoms with Gasteiger partial charge in [-0.05, 0) is 43.7 Å². The second-order valence-corrected chi connectivity index (χ2v) is 8.94. The molecule has 5 heteroatoms. The van der Waals surface area contributed by atoms with Crippen molar-refractivity contribution in [2.45, 2.75) is 58.9 Å². The van der Waals surface area contributed by atoms with Crippen molar-refractivity contribution in [1.29, 1.82) is 0 Å². The van der Waals surface area contributed by atoms with E-state index in [1.807, 2.05) is 36.1 Å². The molecule has 1 heterocycles. The Morgan fingerprint density at radius 2 is 1.69 bits per heavy atom. The number of aryl methyl sites for hydroxylation is 1. The molecule has 5 nitrogen and oxygen atoms in total. The van der Waals surface area contributed by atoms with E-state index in [0.29, 0.717) is 24.9 Å². The van der Waals surface area contributed by atoms with E-state index in [1.54, 1.807) is 0 Å². The minimum absolute atomic E-state index is 0.0433. The zero-order valence-corrected chi connectivity index (χ0v) is 18.3. The van der Waals surface area contributed by atoms with Gasteiger partial charge in [-0.2, -0.15) is 0 Å². The SMILES string of the molecule is CC[C@H](C)CNC(=O)[C@@H](C1CCCC1)N1CCN(C(=O)c2ccc(C)cc2)CC1. The van der Waals surface area contributed by atoms with Gasteiger partial charge in [-0.3, -0.25) is 14.5 Å². The Balaban J connectivity index is 1.61. The lowest BCUT2D eigenvalue weighted by Crippen LogP contribution is -2.58. The van der Waals surface area contributed by atoms with Crippen LogP contribution in [0.4, 0.5) is 0 Å². The summed E-state index contributed by atoms with van der Waals surface area (Å²) in [5, 5.41) is 3.21. The van der Waals surface area contributed by atoms with Crippen LogP contribution in [0, 0.1) is 18.8 Å². The highest BCUT2D eigenvalue weighted by Gasteiger charge is 2.37. The Labute approximate surface area is 175 Å². The summed E-state index contributed by atoms with van der Waals surface area (Å²) in [6.45, 7) is 10.1. The topological polar surface area (TPSA) is 52.7 Å². The molecular formula is C24H37N3O2. The molecule has 2 atom stereocenters. The second kappa shape index (κ2) is 10.2. The average molecular weight is 400 g/mol. The number of amides is 2. The average Bonchev–Trinajstić information content (AvgIpc) is 3.27. The summed E-state index contributed by atoms with van der Waals surface area (Å²) >= 11 is 0. The third-order valence-electron chi connectivity index (χ3n) is 6.73. The van der Waals surface area contributed by atoms with Crippen molar-refractivity contribution in [2.24, 2.45) is 11.8 Å². The Kier molecular flexibility index (Phi) is 7.70. The molecule has 0 unspecified atom stereocenters. The van der Waals surface area contributed by atoms with Crippen LogP contribution in [-0.4, -0.2) is 60.4 Å². The largest absolute Gasteiger partial charge is 0.354 e. The monoisotopic (exact) mass is 399 g/mol. The lowest BCUT2D eigenvalue weighted by Gasteiger charge is -2.41. The minimum Gasteiger partial charge on any atom is -0.354 e. The van der Waals surface area contributed by atoms with Crippen LogP contribution in [0.1, 0.15) is 61.9 Å². The van der Waals surface area contributed by atoms with Gasteiger partial charge < -0.3 is 10.2 Å². The van der Waals surface area contributed by atoms with Crippen LogP contribution >= 0.6 is 0 Å². The molecule has 3 rings (SSSR count). The molecule has 2 aliphatic rings. The maximum atomic E-state index is 13.1.